The molecule has 2 atom stereocenters. The van der Waals surface area contributed by atoms with E-state index < -0.39 is 11.8 Å². The van der Waals surface area contributed by atoms with Crippen LogP contribution in [-0.4, -0.2) is 59.2 Å². The van der Waals surface area contributed by atoms with Gasteiger partial charge in [0.1, 0.15) is 11.6 Å². The van der Waals surface area contributed by atoms with E-state index >= 15 is 0 Å². The van der Waals surface area contributed by atoms with Crippen molar-refractivity contribution in [3.8, 4) is 5.75 Å². The molecule has 0 radical (unpaired) electrons. The molecule has 2 unspecified atom stereocenters. The minimum absolute atomic E-state index is 0.0955. The number of anilines is 2. The zero-order valence-corrected chi connectivity index (χ0v) is 16.4. The topological polar surface area (TPSA) is 85.3 Å². The van der Waals surface area contributed by atoms with Gasteiger partial charge in [0.15, 0.2) is 0 Å². The van der Waals surface area contributed by atoms with Crippen LogP contribution in [-0.2, 0) is 4.79 Å². The number of likely N-dealkylation sites (tertiary alicyclic amines) is 1. The lowest BCUT2D eigenvalue weighted by Crippen LogP contribution is -2.63. The Morgan fingerprint density at radius 2 is 2.00 bits per heavy atom. The second-order valence-electron chi connectivity index (χ2n) is 8.12. The number of para-hydroxylation sites is 1. The molecule has 1 fully saturated rings. The zero-order chi connectivity index (χ0) is 20.9. The summed E-state index contributed by atoms with van der Waals surface area (Å²) in [6.45, 7) is 2.96. The number of halogens is 1. The number of nitrogens with one attached hydrogen (secondary N) is 1. The Kier molecular flexibility index (Phi) is 4.65. The van der Waals surface area contributed by atoms with E-state index in [1.807, 2.05) is 12.1 Å². The quantitative estimate of drug-likeness (QED) is 0.513. The molecule has 1 saturated heterocycles. The molecule has 3 heterocycles. The van der Waals surface area contributed by atoms with Crippen molar-refractivity contribution in [1.82, 2.24) is 4.90 Å². The maximum absolute atomic E-state index is 13.0. The Bertz CT molecular complexity index is 965. The van der Waals surface area contributed by atoms with Crippen LogP contribution < -0.4 is 15.0 Å². The van der Waals surface area contributed by atoms with Gasteiger partial charge in [-0.15, -0.1) is 0 Å². The summed E-state index contributed by atoms with van der Waals surface area (Å²) in [5, 5.41) is 23.6. The minimum Gasteiger partial charge on any atom is -0.494 e. The lowest BCUT2D eigenvalue weighted by atomic mass is 9.89. The largest absolute Gasteiger partial charge is 0.494 e. The number of carbonyl (C=O) groups is 1. The van der Waals surface area contributed by atoms with Gasteiger partial charge in [-0.3, -0.25) is 4.79 Å². The summed E-state index contributed by atoms with van der Waals surface area (Å²) in [7, 11) is 0. The highest BCUT2D eigenvalue weighted by molar-refractivity contribution is 6.06. The first kappa shape index (κ1) is 19.3. The van der Waals surface area contributed by atoms with Crippen LogP contribution in [0, 0.1) is 5.82 Å². The Balaban J connectivity index is 1.25. The van der Waals surface area contributed by atoms with Crippen LogP contribution in [0.25, 0.3) is 0 Å². The summed E-state index contributed by atoms with van der Waals surface area (Å²) >= 11 is 0. The molecular formula is C22H24FN3O4. The average molecular weight is 413 g/mol. The normalized spacial score (nSPS) is 24.2. The second-order valence-corrected chi connectivity index (χ2v) is 8.12. The average Bonchev–Trinajstić information content (AvgIpc) is 3.07. The van der Waals surface area contributed by atoms with Crippen molar-refractivity contribution in [3.63, 3.8) is 0 Å². The molecule has 0 aliphatic carbocycles. The van der Waals surface area contributed by atoms with Crippen LogP contribution in [0.5, 0.6) is 5.75 Å². The summed E-state index contributed by atoms with van der Waals surface area (Å²) in [5.74, 6) is -2.88. The number of fused-ring (bicyclic) bond motifs is 3. The molecule has 0 saturated carbocycles. The van der Waals surface area contributed by atoms with E-state index in [0.29, 0.717) is 18.0 Å². The third kappa shape index (κ3) is 3.12. The van der Waals surface area contributed by atoms with Crippen LogP contribution in [0.3, 0.4) is 0 Å². The van der Waals surface area contributed by atoms with Crippen LogP contribution in [0.4, 0.5) is 15.8 Å². The molecule has 3 aliphatic heterocycles. The highest BCUT2D eigenvalue weighted by Crippen LogP contribution is 2.52. The number of nitrogens with zero attached hydrogens (tertiary/aromatic N) is 2. The van der Waals surface area contributed by atoms with Crippen molar-refractivity contribution in [2.45, 2.75) is 30.7 Å². The molecule has 2 aromatic rings. The standard InChI is InChI=1S/C22H24FN3O4/c23-14-5-7-15(8-6-14)30-12-2-10-25-11-9-19-17(13-25)16-3-1-4-18-20(16)26(19)22(28,29)21(27)24-18/h1,3-8,17,19,28-29H,2,9-13H2,(H,24,27). The number of hydrogen-bond acceptors (Lipinski definition) is 6. The fourth-order valence-corrected chi connectivity index (χ4v) is 4.93. The summed E-state index contributed by atoms with van der Waals surface area (Å²) < 4.78 is 18.6. The maximum Gasteiger partial charge on any atom is 0.331 e. The number of amides is 1. The minimum atomic E-state index is -2.53. The Morgan fingerprint density at radius 1 is 1.20 bits per heavy atom. The second kappa shape index (κ2) is 7.23. The predicted molar refractivity (Wildman–Crippen MR) is 109 cm³/mol. The van der Waals surface area contributed by atoms with Gasteiger partial charge in [-0.1, -0.05) is 12.1 Å². The van der Waals surface area contributed by atoms with Gasteiger partial charge in [-0.2, -0.15) is 0 Å². The summed E-state index contributed by atoms with van der Waals surface area (Å²) in [5.41, 5.74) is 2.39. The first-order chi connectivity index (χ1) is 14.4. The monoisotopic (exact) mass is 413 g/mol. The zero-order valence-electron chi connectivity index (χ0n) is 16.4. The molecule has 158 valence electrons. The molecule has 30 heavy (non-hydrogen) atoms. The summed E-state index contributed by atoms with van der Waals surface area (Å²) in [6.07, 6.45) is 1.56. The fraction of sp³-hybridized carbons (Fsp3) is 0.409. The van der Waals surface area contributed by atoms with Gasteiger partial charge in [0.2, 0.25) is 0 Å². The molecule has 8 heteroatoms. The predicted octanol–water partition coefficient (Wildman–Crippen LogP) is 1.86. The number of rotatable bonds is 5. The lowest BCUT2D eigenvalue weighted by molar-refractivity contribution is -0.182. The van der Waals surface area contributed by atoms with Gasteiger partial charge in [0, 0.05) is 31.6 Å². The number of aliphatic hydroxyl groups is 2. The highest BCUT2D eigenvalue weighted by Gasteiger charge is 2.56. The van der Waals surface area contributed by atoms with Gasteiger partial charge >= 0.3 is 11.8 Å². The number of ether oxygens (including phenoxy) is 1. The van der Waals surface area contributed by atoms with Crippen LogP contribution in [0.2, 0.25) is 0 Å². The van der Waals surface area contributed by atoms with E-state index in [4.69, 9.17) is 4.74 Å². The molecule has 5 rings (SSSR count). The number of benzene rings is 2. The van der Waals surface area contributed by atoms with E-state index in [9.17, 15) is 19.4 Å². The molecule has 3 N–H and O–H groups in total. The molecule has 0 aromatic heterocycles. The SMILES string of the molecule is O=C1Nc2cccc3c2N(C2CCN(CCCOc4ccc(F)cc4)CC32)C1(O)O. The van der Waals surface area contributed by atoms with E-state index in [0.717, 1.165) is 43.7 Å². The highest BCUT2D eigenvalue weighted by atomic mass is 19.1. The maximum atomic E-state index is 13.0. The first-order valence-electron chi connectivity index (χ1n) is 10.2. The van der Waals surface area contributed by atoms with Gasteiger partial charge < -0.3 is 30.1 Å². The van der Waals surface area contributed by atoms with Gasteiger partial charge in [0.05, 0.1) is 18.0 Å². The van der Waals surface area contributed by atoms with Gasteiger partial charge in [-0.25, -0.2) is 4.39 Å². The number of hydrogen-bond donors (Lipinski definition) is 3. The molecule has 0 spiro atoms. The molecule has 2 aromatic carbocycles. The fourth-order valence-electron chi connectivity index (χ4n) is 4.93. The van der Waals surface area contributed by atoms with Crippen molar-refractivity contribution in [2.24, 2.45) is 0 Å². The van der Waals surface area contributed by atoms with Crippen molar-refractivity contribution >= 4 is 17.3 Å². The first-order valence-corrected chi connectivity index (χ1v) is 10.2. The number of piperidine rings is 1. The molecular weight excluding hydrogens is 389 g/mol. The van der Waals surface area contributed by atoms with Gasteiger partial charge in [-0.05, 0) is 48.7 Å². The summed E-state index contributed by atoms with van der Waals surface area (Å²) in [4.78, 5) is 16.1. The van der Waals surface area contributed by atoms with Crippen molar-refractivity contribution < 1.29 is 24.1 Å². The Labute approximate surface area is 173 Å². The van der Waals surface area contributed by atoms with E-state index in [1.54, 1.807) is 18.2 Å². The lowest BCUT2D eigenvalue weighted by Gasteiger charge is -2.44. The molecule has 3 aliphatic rings. The molecule has 1 amide bonds. The van der Waals surface area contributed by atoms with Crippen LogP contribution in [0.1, 0.15) is 24.3 Å². The Hall–Kier alpha value is -2.68. The third-order valence-electron chi connectivity index (χ3n) is 6.29. The van der Waals surface area contributed by atoms with Crippen LogP contribution in [0.15, 0.2) is 42.5 Å². The third-order valence-corrected chi connectivity index (χ3v) is 6.29. The molecule has 0 bridgehead atoms. The Morgan fingerprint density at radius 3 is 2.80 bits per heavy atom. The van der Waals surface area contributed by atoms with Crippen molar-refractivity contribution in [3.05, 3.63) is 53.8 Å². The van der Waals surface area contributed by atoms with Crippen molar-refractivity contribution in [1.29, 1.82) is 0 Å². The number of carbonyl (C=O) groups excluding carboxylic acids is 1. The van der Waals surface area contributed by atoms with E-state index in [2.05, 4.69) is 10.2 Å². The van der Waals surface area contributed by atoms with E-state index in [-0.39, 0.29) is 17.8 Å². The smallest absolute Gasteiger partial charge is 0.331 e. The van der Waals surface area contributed by atoms with Crippen molar-refractivity contribution in [2.75, 3.05) is 36.5 Å². The van der Waals surface area contributed by atoms with E-state index in [1.165, 1.54) is 17.0 Å². The van der Waals surface area contributed by atoms with Gasteiger partial charge in [0.25, 0.3) is 0 Å². The van der Waals surface area contributed by atoms with Crippen LogP contribution >= 0.6 is 0 Å². The molecule has 7 nitrogen and oxygen atoms in total. The summed E-state index contributed by atoms with van der Waals surface area (Å²) in [6, 6.07) is 11.6.